The molecule has 4 nitrogen and oxygen atoms in total. The zero-order chi connectivity index (χ0) is 11.0. The monoisotopic (exact) mass is 202 g/mol. The largest absolute Gasteiger partial charge is 0.384 e. The van der Waals surface area contributed by atoms with Gasteiger partial charge in [-0.1, -0.05) is 6.92 Å². The van der Waals surface area contributed by atoms with E-state index >= 15 is 0 Å². The first-order valence-corrected chi connectivity index (χ1v) is 4.95. The highest BCUT2D eigenvalue weighted by molar-refractivity contribution is 5.96. The van der Waals surface area contributed by atoms with Gasteiger partial charge in [-0.25, -0.2) is 4.98 Å². The van der Waals surface area contributed by atoms with E-state index in [4.69, 9.17) is 11.1 Å². The molecule has 15 heavy (non-hydrogen) atoms. The van der Waals surface area contributed by atoms with Crippen LogP contribution in [0, 0.1) is 12.3 Å². The van der Waals surface area contributed by atoms with Crippen LogP contribution in [0.2, 0.25) is 0 Å². The average Bonchev–Trinajstić information content (AvgIpc) is 2.55. The van der Waals surface area contributed by atoms with Crippen molar-refractivity contribution in [2.75, 3.05) is 0 Å². The lowest BCUT2D eigenvalue weighted by Crippen LogP contribution is -2.11. The summed E-state index contributed by atoms with van der Waals surface area (Å²) in [4.78, 5) is 4.46. The van der Waals surface area contributed by atoms with Crippen molar-refractivity contribution >= 4 is 11.4 Å². The van der Waals surface area contributed by atoms with E-state index in [0.29, 0.717) is 0 Å². The summed E-state index contributed by atoms with van der Waals surface area (Å²) in [6, 6.07) is 3.75. The number of pyridine rings is 1. The Morgan fingerprint density at radius 1 is 1.60 bits per heavy atom. The SMILES string of the molecule is CCc1nc(C)c2cc(C(=N)N)ccn12. The average molecular weight is 202 g/mol. The number of hydrogen-bond acceptors (Lipinski definition) is 2. The number of nitrogen functional groups attached to an aromatic ring is 1. The summed E-state index contributed by atoms with van der Waals surface area (Å²) in [7, 11) is 0. The highest BCUT2D eigenvalue weighted by Gasteiger charge is 2.07. The molecule has 0 amide bonds. The van der Waals surface area contributed by atoms with Crippen molar-refractivity contribution in [3.63, 3.8) is 0 Å². The van der Waals surface area contributed by atoms with Crippen molar-refractivity contribution in [2.45, 2.75) is 20.3 Å². The van der Waals surface area contributed by atoms with Gasteiger partial charge in [-0.2, -0.15) is 0 Å². The molecule has 0 atom stereocenters. The van der Waals surface area contributed by atoms with E-state index in [1.165, 1.54) is 0 Å². The van der Waals surface area contributed by atoms with Gasteiger partial charge in [0.2, 0.25) is 0 Å². The number of aromatic nitrogens is 2. The van der Waals surface area contributed by atoms with Gasteiger partial charge in [0.05, 0.1) is 11.2 Å². The zero-order valence-electron chi connectivity index (χ0n) is 8.91. The van der Waals surface area contributed by atoms with Crippen LogP contribution in [0.3, 0.4) is 0 Å². The topological polar surface area (TPSA) is 67.2 Å². The third-order valence-corrected chi connectivity index (χ3v) is 2.53. The molecule has 0 radical (unpaired) electrons. The second-order valence-electron chi connectivity index (χ2n) is 3.55. The van der Waals surface area contributed by atoms with E-state index in [0.717, 1.165) is 29.0 Å². The smallest absolute Gasteiger partial charge is 0.122 e. The van der Waals surface area contributed by atoms with E-state index in [-0.39, 0.29) is 5.84 Å². The summed E-state index contributed by atoms with van der Waals surface area (Å²) in [5.74, 6) is 1.13. The van der Waals surface area contributed by atoms with Crippen LogP contribution < -0.4 is 5.73 Å². The number of fused-ring (bicyclic) bond motifs is 1. The third-order valence-electron chi connectivity index (χ3n) is 2.53. The van der Waals surface area contributed by atoms with Crippen LogP contribution in [0.15, 0.2) is 18.3 Å². The van der Waals surface area contributed by atoms with Crippen molar-refractivity contribution < 1.29 is 0 Å². The molecule has 3 N–H and O–H groups in total. The van der Waals surface area contributed by atoms with Gasteiger partial charge in [-0.05, 0) is 19.1 Å². The summed E-state index contributed by atoms with van der Waals surface area (Å²) in [6.07, 6.45) is 2.82. The van der Waals surface area contributed by atoms with E-state index in [1.54, 1.807) is 0 Å². The Morgan fingerprint density at radius 2 is 2.33 bits per heavy atom. The second kappa shape index (κ2) is 3.38. The van der Waals surface area contributed by atoms with Crippen LogP contribution >= 0.6 is 0 Å². The Bertz CT molecular complexity index is 525. The fraction of sp³-hybridized carbons (Fsp3) is 0.273. The lowest BCUT2D eigenvalue weighted by molar-refractivity contribution is 0.928. The van der Waals surface area contributed by atoms with Gasteiger partial charge in [-0.15, -0.1) is 0 Å². The number of nitrogens with zero attached hydrogens (tertiary/aromatic N) is 2. The number of amidine groups is 1. The standard InChI is InChI=1S/C11H14N4/c1-3-10-14-7(2)9-6-8(11(12)13)4-5-15(9)10/h4-6H,3H2,1-2H3,(H3,12,13). The van der Waals surface area contributed by atoms with Gasteiger partial charge in [0.15, 0.2) is 0 Å². The maximum Gasteiger partial charge on any atom is 0.122 e. The molecule has 2 rings (SSSR count). The van der Waals surface area contributed by atoms with Crippen LogP contribution in [0.5, 0.6) is 0 Å². The fourth-order valence-electron chi connectivity index (χ4n) is 1.73. The molecule has 0 aliphatic carbocycles. The van der Waals surface area contributed by atoms with Gasteiger partial charge in [-0.3, -0.25) is 5.41 Å². The second-order valence-corrected chi connectivity index (χ2v) is 3.55. The van der Waals surface area contributed by atoms with Crippen LogP contribution in [0.25, 0.3) is 5.52 Å². The van der Waals surface area contributed by atoms with Crippen LogP contribution in [0.4, 0.5) is 0 Å². The molecule has 2 aromatic rings. The number of nitrogens with two attached hydrogens (primary N) is 1. The molecule has 78 valence electrons. The van der Waals surface area contributed by atoms with Crippen molar-refractivity contribution in [3.8, 4) is 0 Å². The molecular formula is C11H14N4. The third kappa shape index (κ3) is 1.48. The van der Waals surface area contributed by atoms with Gasteiger partial charge < -0.3 is 10.1 Å². The first-order chi connectivity index (χ1) is 7.13. The lowest BCUT2D eigenvalue weighted by Gasteiger charge is -2.01. The number of hydrogen-bond donors (Lipinski definition) is 2. The highest BCUT2D eigenvalue weighted by atomic mass is 15.0. The number of imidazole rings is 1. The lowest BCUT2D eigenvalue weighted by atomic mass is 10.2. The normalized spacial score (nSPS) is 10.8. The summed E-state index contributed by atoms with van der Waals surface area (Å²) in [5.41, 5.74) is 8.20. The van der Waals surface area contributed by atoms with Crippen molar-refractivity contribution in [2.24, 2.45) is 5.73 Å². The van der Waals surface area contributed by atoms with Gasteiger partial charge in [0.1, 0.15) is 11.7 Å². The summed E-state index contributed by atoms with van der Waals surface area (Å²) in [6.45, 7) is 4.05. The van der Waals surface area contributed by atoms with Crippen LogP contribution in [-0.4, -0.2) is 15.2 Å². The first kappa shape index (κ1) is 9.71. The number of rotatable bonds is 2. The zero-order valence-corrected chi connectivity index (χ0v) is 8.91. The molecule has 0 spiro atoms. The molecule has 2 heterocycles. The van der Waals surface area contributed by atoms with E-state index in [1.807, 2.05) is 29.7 Å². The molecular weight excluding hydrogens is 188 g/mol. The van der Waals surface area contributed by atoms with E-state index in [9.17, 15) is 0 Å². The first-order valence-electron chi connectivity index (χ1n) is 4.95. The molecule has 2 aromatic heterocycles. The fourth-order valence-corrected chi connectivity index (χ4v) is 1.73. The molecule has 0 unspecified atom stereocenters. The molecule has 0 saturated carbocycles. The highest BCUT2D eigenvalue weighted by Crippen LogP contribution is 2.14. The maximum atomic E-state index is 7.38. The molecule has 0 bridgehead atoms. The molecule has 0 fully saturated rings. The maximum absolute atomic E-state index is 7.38. The van der Waals surface area contributed by atoms with Gasteiger partial charge in [0.25, 0.3) is 0 Å². The van der Waals surface area contributed by atoms with Crippen molar-refractivity contribution in [1.29, 1.82) is 5.41 Å². The molecule has 4 heteroatoms. The minimum Gasteiger partial charge on any atom is -0.384 e. The molecule has 0 aliphatic rings. The molecule has 0 aromatic carbocycles. The van der Waals surface area contributed by atoms with Crippen molar-refractivity contribution in [1.82, 2.24) is 9.38 Å². The Kier molecular flexibility index (Phi) is 2.19. The Morgan fingerprint density at radius 3 is 2.93 bits per heavy atom. The quantitative estimate of drug-likeness (QED) is 0.572. The van der Waals surface area contributed by atoms with Gasteiger partial charge in [0, 0.05) is 18.2 Å². The predicted molar refractivity (Wildman–Crippen MR) is 60.3 cm³/mol. The van der Waals surface area contributed by atoms with Crippen LogP contribution in [-0.2, 0) is 6.42 Å². The summed E-state index contributed by atoms with van der Waals surface area (Å²) >= 11 is 0. The predicted octanol–water partition coefficient (Wildman–Crippen LogP) is 1.49. The number of aryl methyl sites for hydroxylation is 2. The van der Waals surface area contributed by atoms with Crippen LogP contribution in [0.1, 0.15) is 24.0 Å². The van der Waals surface area contributed by atoms with E-state index < -0.39 is 0 Å². The summed E-state index contributed by atoms with van der Waals surface area (Å²) in [5, 5.41) is 7.38. The Balaban J connectivity index is 2.72. The Hall–Kier alpha value is -1.84. The van der Waals surface area contributed by atoms with E-state index in [2.05, 4.69) is 11.9 Å². The molecule has 0 saturated heterocycles. The van der Waals surface area contributed by atoms with Gasteiger partial charge >= 0.3 is 0 Å². The number of nitrogens with one attached hydrogen (secondary N) is 1. The van der Waals surface area contributed by atoms with Crippen molar-refractivity contribution in [3.05, 3.63) is 35.4 Å². The minimum atomic E-state index is 0.0937. The summed E-state index contributed by atoms with van der Waals surface area (Å²) < 4.78 is 2.04. The minimum absolute atomic E-state index is 0.0937. The molecule has 0 aliphatic heterocycles. The Labute approximate surface area is 88.3 Å².